The van der Waals surface area contributed by atoms with Crippen LogP contribution in [0.25, 0.3) is 33.8 Å². The Labute approximate surface area is 172 Å². The molecule has 2 aromatic carbocycles. The lowest BCUT2D eigenvalue weighted by Crippen LogP contribution is -1.98. The van der Waals surface area contributed by atoms with Crippen LogP contribution in [0.1, 0.15) is 21.7 Å². The van der Waals surface area contributed by atoms with E-state index in [9.17, 15) is 9.18 Å². The lowest BCUT2D eigenvalue weighted by atomic mass is 10.0. The summed E-state index contributed by atoms with van der Waals surface area (Å²) in [4.78, 5) is 24.7. The average Bonchev–Trinajstić information content (AvgIpc) is 2.73. The molecule has 0 spiro atoms. The van der Waals surface area contributed by atoms with Crippen molar-refractivity contribution in [2.45, 2.75) is 13.8 Å². The molecule has 5 nitrogen and oxygen atoms in total. The van der Waals surface area contributed by atoms with E-state index in [0.717, 1.165) is 34.3 Å². The van der Waals surface area contributed by atoms with Gasteiger partial charge in [0.2, 0.25) is 0 Å². The van der Waals surface area contributed by atoms with Crippen LogP contribution in [0.3, 0.4) is 0 Å². The molecule has 0 atom stereocenters. The molecule has 0 aliphatic heterocycles. The first-order chi connectivity index (χ1) is 14.4. The molecular weight excluding hydrogens is 381 g/mol. The lowest BCUT2D eigenvalue weighted by molar-refractivity contribution is 0.0696. The van der Waals surface area contributed by atoms with Crippen LogP contribution in [0.15, 0.2) is 66.9 Å². The van der Waals surface area contributed by atoms with E-state index in [1.54, 1.807) is 18.3 Å². The Morgan fingerprint density at radius 3 is 2.17 bits per heavy atom. The van der Waals surface area contributed by atoms with Crippen molar-refractivity contribution in [1.29, 1.82) is 0 Å². The molecule has 6 heteroatoms. The number of nitrogens with zero attached hydrogens (tertiary/aromatic N) is 3. The normalized spacial score (nSPS) is 10.8. The zero-order valence-corrected chi connectivity index (χ0v) is 16.4. The number of carbonyl (C=O) groups is 1. The van der Waals surface area contributed by atoms with Gasteiger partial charge in [0.25, 0.3) is 0 Å². The van der Waals surface area contributed by atoms with Gasteiger partial charge in [0.1, 0.15) is 5.82 Å². The van der Waals surface area contributed by atoms with Crippen LogP contribution in [0.5, 0.6) is 0 Å². The monoisotopic (exact) mass is 399 g/mol. The van der Waals surface area contributed by atoms with Gasteiger partial charge in [0, 0.05) is 28.7 Å². The highest BCUT2D eigenvalue weighted by Crippen LogP contribution is 2.27. The maximum atomic E-state index is 13.8. The maximum absolute atomic E-state index is 13.8. The van der Waals surface area contributed by atoms with Crippen molar-refractivity contribution in [2.24, 2.45) is 0 Å². The summed E-state index contributed by atoms with van der Waals surface area (Å²) in [5, 5.41) is 9.15. The third-order valence-corrected chi connectivity index (χ3v) is 4.68. The largest absolute Gasteiger partial charge is 0.478 e. The molecular formula is C24H18FN3O2. The summed E-state index contributed by atoms with van der Waals surface area (Å²) in [5.41, 5.74) is 5.37. The molecule has 0 aliphatic carbocycles. The van der Waals surface area contributed by atoms with Gasteiger partial charge >= 0.3 is 5.97 Å². The van der Waals surface area contributed by atoms with Crippen LogP contribution in [0.2, 0.25) is 0 Å². The molecule has 0 fully saturated rings. The Bertz CT molecular complexity index is 1240. The van der Waals surface area contributed by atoms with Crippen molar-refractivity contribution in [1.82, 2.24) is 15.0 Å². The summed E-state index contributed by atoms with van der Waals surface area (Å²) in [6, 6.07) is 16.9. The molecule has 4 rings (SSSR count). The molecule has 0 bridgehead atoms. The molecule has 2 aromatic heterocycles. The second-order valence-electron chi connectivity index (χ2n) is 7.02. The SMILES string of the molecule is Cc1ccc(-c2cc(C)nc(-c3ccc(-c4cc(F)cc(C(=O)O)c4)cc3)n2)cn1. The fraction of sp³-hybridized carbons (Fsp3) is 0.0833. The Morgan fingerprint density at radius 1 is 0.800 bits per heavy atom. The molecule has 0 unspecified atom stereocenters. The molecule has 4 aromatic rings. The van der Waals surface area contributed by atoms with E-state index >= 15 is 0 Å². The van der Waals surface area contributed by atoms with Gasteiger partial charge in [-0.3, -0.25) is 4.98 Å². The number of hydrogen-bond donors (Lipinski definition) is 1. The van der Waals surface area contributed by atoms with Crippen molar-refractivity contribution in [3.05, 3.63) is 89.6 Å². The Morgan fingerprint density at radius 2 is 1.50 bits per heavy atom. The summed E-state index contributed by atoms with van der Waals surface area (Å²) in [6.07, 6.45) is 1.79. The number of aromatic nitrogens is 3. The smallest absolute Gasteiger partial charge is 0.335 e. The second kappa shape index (κ2) is 7.83. The number of halogens is 1. The highest BCUT2D eigenvalue weighted by molar-refractivity contribution is 5.89. The Kier molecular flexibility index (Phi) is 5.06. The molecule has 0 saturated heterocycles. The quantitative estimate of drug-likeness (QED) is 0.502. The van der Waals surface area contributed by atoms with Crippen LogP contribution in [-0.2, 0) is 0 Å². The number of benzene rings is 2. The maximum Gasteiger partial charge on any atom is 0.335 e. The first-order valence-electron chi connectivity index (χ1n) is 9.32. The van der Waals surface area contributed by atoms with Crippen molar-refractivity contribution in [3.8, 4) is 33.8 Å². The topological polar surface area (TPSA) is 76.0 Å². The van der Waals surface area contributed by atoms with Crippen LogP contribution in [-0.4, -0.2) is 26.0 Å². The number of pyridine rings is 1. The predicted molar refractivity (Wildman–Crippen MR) is 113 cm³/mol. The first kappa shape index (κ1) is 19.4. The van der Waals surface area contributed by atoms with E-state index in [1.165, 1.54) is 12.1 Å². The summed E-state index contributed by atoms with van der Waals surface area (Å²) >= 11 is 0. The highest BCUT2D eigenvalue weighted by atomic mass is 19.1. The van der Waals surface area contributed by atoms with E-state index in [-0.39, 0.29) is 5.56 Å². The summed E-state index contributed by atoms with van der Waals surface area (Å²) in [5.74, 6) is -1.19. The number of carboxylic acid groups (broad SMARTS) is 1. The van der Waals surface area contributed by atoms with Crippen molar-refractivity contribution < 1.29 is 14.3 Å². The van der Waals surface area contributed by atoms with Gasteiger partial charge in [-0.2, -0.15) is 0 Å². The van der Waals surface area contributed by atoms with E-state index in [4.69, 9.17) is 5.11 Å². The van der Waals surface area contributed by atoms with Gasteiger partial charge < -0.3 is 5.11 Å². The third-order valence-electron chi connectivity index (χ3n) is 4.68. The van der Waals surface area contributed by atoms with Crippen LogP contribution in [0, 0.1) is 19.7 Å². The molecule has 0 aliphatic rings. The Balaban J connectivity index is 1.70. The molecule has 2 heterocycles. The van der Waals surface area contributed by atoms with Gasteiger partial charge in [0.05, 0.1) is 11.3 Å². The van der Waals surface area contributed by atoms with Gasteiger partial charge in [-0.1, -0.05) is 24.3 Å². The molecule has 1 N–H and O–H groups in total. The van der Waals surface area contributed by atoms with Crippen molar-refractivity contribution in [2.75, 3.05) is 0 Å². The van der Waals surface area contributed by atoms with E-state index in [0.29, 0.717) is 17.0 Å². The minimum Gasteiger partial charge on any atom is -0.478 e. The number of rotatable bonds is 4. The zero-order chi connectivity index (χ0) is 21.3. The molecule has 148 valence electrons. The number of carboxylic acids is 1. The van der Waals surface area contributed by atoms with Gasteiger partial charge in [-0.25, -0.2) is 19.2 Å². The minimum absolute atomic E-state index is 0.0903. The van der Waals surface area contributed by atoms with Crippen molar-refractivity contribution >= 4 is 5.97 Å². The predicted octanol–water partition coefficient (Wildman–Crippen LogP) is 5.33. The van der Waals surface area contributed by atoms with Gasteiger partial charge in [0.15, 0.2) is 5.82 Å². The number of aromatic carboxylic acids is 1. The minimum atomic E-state index is -1.17. The fourth-order valence-corrected chi connectivity index (χ4v) is 3.16. The molecule has 0 amide bonds. The number of aryl methyl sites for hydroxylation is 2. The molecule has 0 saturated carbocycles. The van der Waals surface area contributed by atoms with Crippen LogP contribution < -0.4 is 0 Å². The summed E-state index contributed by atoms with van der Waals surface area (Å²) in [6.45, 7) is 3.84. The average molecular weight is 399 g/mol. The highest BCUT2D eigenvalue weighted by Gasteiger charge is 2.11. The second-order valence-corrected chi connectivity index (χ2v) is 7.02. The van der Waals surface area contributed by atoms with Gasteiger partial charge in [-0.05, 0) is 61.4 Å². The molecule has 0 radical (unpaired) electrons. The molecule has 30 heavy (non-hydrogen) atoms. The third kappa shape index (κ3) is 4.07. The van der Waals surface area contributed by atoms with Gasteiger partial charge in [-0.15, -0.1) is 0 Å². The number of hydrogen-bond acceptors (Lipinski definition) is 4. The summed E-state index contributed by atoms with van der Waals surface area (Å²) < 4.78 is 13.8. The van der Waals surface area contributed by atoms with E-state index in [1.807, 2.05) is 44.2 Å². The van der Waals surface area contributed by atoms with Crippen molar-refractivity contribution in [3.63, 3.8) is 0 Å². The standard InChI is InChI=1S/C24H18FN3O2/c1-14-3-4-18(13-26-14)22-9-15(2)27-23(28-22)17-7-5-16(6-8-17)19-10-20(24(29)30)12-21(25)11-19/h3-13H,1-2H3,(H,29,30). The summed E-state index contributed by atoms with van der Waals surface area (Å²) in [7, 11) is 0. The fourth-order valence-electron chi connectivity index (χ4n) is 3.16. The lowest BCUT2D eigenvalue weighted by Gasteiger charge is -2.08. The van der Waals surface area contributed by atoms with E-state index in [2.05, 4.69) is 15.0 Å². The Hall–Kier alpha value is -3.93. The zero-order valence-electron chi connectivity index (χ0n) is 16.4. The van der Waals surface area contributed by atoms with Crippen LogP contribution >= 0.6 is 0 Å². The van der Waals surface area contributed by atoms with Crippen LogP contribution in [0.4, 0.5) is 4.39 Å². The first-order valence-corrected chi connectivity index (χ1v) is 9.32. The van der Waals surface area contributed by atoms with E-state index < -0.39 is 11.8 Å².